The highest BCUT2D eigenvalue weighted by Gasteiger charge is 2.79. The summed E-state index contributed by atoms with van der Waals surface area (Å²) in [6.45, 7) is 4.38. The lowest BCUT2D eigenvalue weighted by Crippen LogP contribution is -2.57. The van der Waals surface area contributed by atoms with E-state index in [0.29, 0.717) is 31.5 Å². The maximum atomic E-state index is 14.0. The van der Waals surface area contributed by atoms with E-state index in [9.17, 15) is 19.5 Å². The van der Waals surface area contributed by atoms with Gasteiger partial charge in [0.15, 0.2) is 0 Å². The number of unbranched alkanes of at least 4 members (excludes halogenated alkanes) is 1. The number of ether oxygens (including phenoxy) is 1. The van der Waals surface area contributed by atoms with Gasteiger partial charge in [0.05, 0.1) is 17.4 Å². The molecule has 6 atom stereocenters. The van der Waals surface area contributed by atoms with Crippen molar-refractivity contribution in [3.05, 3.63) is 30.3 Å². The number of aliphatic hydroxyl groups excluding tert-OH is 1. The zero-order chi connectivity index (χ0) is 25.5. The van der Waals surface area contributed by atoms with E-state index in [1.807, 2.05) is 37.3 Å². The molecule has 3 N–H and O–H groups in total. The number of hydrogen-bond donors (Lipinski definition) is 3. The number of aliphatic hydroxyl groups is 1. The molecule has 1 aliphatic carbocycles. The Labute approximate surface area is 213 Å². The van der Waals surface area contributed by atoms with Crippen molar-refractivity contribution < 1.29 is 24.2 Å². The van der Waals surface area contributed by atoms with Crippen LogP contribution in [-0.4, -0.2) is 64.2 Å². The monoisotopic (exact) mass is 497 g/mol. The molecule has 4 aliphatic rings. The van der Waals surface area contributed by atoms with Crippen molar-refractivity contribution >= 4 is 23.4 Å². The molecule has 3 saturated heterocycles. The minimum atomic E-state index is -1.03. The van der Waals surface area contributed by atoms with Crippen LogP contribution >= 0.6 is 0 Å². The Morgan fingerprint density at radius 1 is 1.11 bits per heavy atom. The van der Waals surface area contributed by atoms with E-state index in [2.05, 4.69) is 17.6 Å². The number of hydrogen-bond acceptors (Lipinski definition) is 5. The Kier molecular flexibility index (Phi) is 6.85. The number of amides is 3. The van der Waals surface area contributed by atoms with E-state index in [4.69, 9.17) is 4.74 Å². The fraction of sp³-hybridized carbons (Fsp3) is 0.679. The third-order valence-corrected chi connectivity index (χ3v) is 9.15. The van der Waals surface area contributed by atoms with Crippen LogP contribution in [0.4, 0.5) is 5.69 Å². The second-order valence-electron chi connectivity index (χ2n) is 11.4. The molecular formula is C28H39N3O5. The average Bonchev–Trinajstić information content (AvgIpc) is 3.37. The van der Waals surface area contributed by atoms with E-state index in [1.165, 1.54) is 6.42 Å². The van der Waals surface area contributed by atoms with Crippen LogP contribution in [0.1, 0.15) is 65.2 Å². The molecule has 0 aromatic heterocycles. The van der Waals surface area contributed by atoms with Crippen molar-refractivity contribution in [1.29, 1.82) is 0 Å². The van der Waals surface area contributed by atoms with E-state index >= 15 is 0 Å². The summed E-state index contributed by atoms with van der Waals surface area (Å²) in [5, 5.41) is 15.6. The summed E-state index contributed by atoms with van der Waals surface area (Å²) < 4.78 is 6.75. The fourth-order valence-corrected chi connectivity index (χ4v) is 7.34. The van der Waals surface area contributed by atoms with Gasteiger partial charge in [0.1, 0.15) is 11.6 Å². The number of benzene rings is 1. The first-order valence-corrected chi connectivity index (χ1v) is 13.6. The average molecular weight is 498 g/mol. The Morgan fingerprint density at radius 2 is 1.83 bits per heavy atom. The summed E-state index contributed by atoms with van der Waals surface area (Å²) in [6, 6.07) is 8.59. The molecule has 8 nitrogen and oxygen atoms in total. The van der Waals surface area contributed by atoms with Gasteiger partial charge in [0.25, 0.3) is 0 Å². The zero-order valence-electron chi connectivity index (χ0n) is 21.4. The van der Waals surface area contributed by atoms with Crippen LogP contribution in [0.25, 0.3) is 0 Å². The first kappa shape index (κ1) is 25.2. The summed E-state index contributed by atoms with van der Waals surface area (Å²) >= 11 is 0. The number of nitrogens with one attached hydrogen (secondary N) is 2. The van der Waals surface area contributed by atoms with E-state index in [0.717, 1.165) is 25.7 Å². The van der Waals surface area contributed by atoms with Crippen molar-refractivity contribution in [1.82, 2.24) is 10.2 Å². The number of carbonyl (C=O) groups is 3. The minimum Gasteiger partial charge on any atom is -0.396 e. The van der Waals surface area contributed by atoms with E-state index in [-0.39, 0.29) is 36.3 Å². The summed E-state index contributed by atoms with van der Waals surface area (Å²) in [5.74, 6) is -1.97. The lowest BCUT2D eigenvalue weighted by Gasteiger charge is -2.36. The lowest BCUT2D eigenvalue weighted by atomic mass is 9.62. The standard InChI is InChI=1S/C28H39N3O5/c1-18-17-28-22(21(27(18,2)36-28)24(33)29-19-11-5-3-6-12-19)26(35)31(15-9-10-16-32)23(28)25(34)30-20-13-7-4-8-14-20/h3,5-6,11-12,18,20-23,32H,4,7-10,13-17H2,1-2H3,(H,29,33)(H,30,34)/t18?,21-,22-,23?,27+,28?/m0/s1. The second kappa shape index (κ2) is 9.78. The Balaban J connectivity index is 1.48. The maximum absolute atomic E-state index is 14.0. The van der Waals surface area contributed by atoms with E-state index in [1.54, 1.807) is 4.90 Å². The molecule has 36 heavy (non-hydrogen) atoms. The van der Waals surface area contributed by atoms with Gasteiger partial charge < -0.3 is 25.4 Å². The van der Waals surface area contributed by atoms with Gasteiger partial charge in [0, 0.05) is 24.9 Å². The maximum Gasteiger partial charge on any atom is 0.246 e. The number of nitrogens with zero attached hydrogens (tertiary/aromatic N) is 1. The molecule has 8 heteroatoms. The highest BCUT2D eigenvalue weighted by molar-refractivity contribution is 6.02. The van der Waals surface area contributed by atoms with Crippen LogP contribution in [-0.2, 0) is 19.1 Å². The van der Waals surface area contributed by atoms with E-state index < -0.39 is 29.1 Å². The molecule has 3 amide bonds. The van der Waals surface area contributed by atoms with Gasteiger partial charge >= 0.3 is 0 Å². The Bertz CT molecular complexity index is 996. The molecule has 3 aliphatic heterocycles. The van der Waals surface area contributed by atoms with Crippen molar-refractivity contribution in [2.45, 2.75) is 88.5 Å². The fourth-order valence-electron chi connectivity index (χ4n) is 7.34. The molecular weight excluding hydrogens is 458 g/mol. The van der Waals surface area contributed by atoms with Crippen LogP contribution in [0.15, 0.2) is 30.3 Å². The van der Waals surface area contributed by atoms with Gasteiger partial charge in [0.2, 0.25) is 17.7 Å². The Hall–Kier alpha value is -2.45. The van der Waals surface area contributed by atoms with Gasteiger partial charge in [-0.25, -0.2) is 0 Å². The summed E-state index contributed by atoms with van der Waals surface area (Å²) in [6.07, 6.45) is 6.97. The normalized spacial score (nSPS) is 35.6. The first-order valence-electron chi connectivity index (χ1n) is 13.6. The van der Waals surface area contributed by atoms with Crippen LogP contribution in [0.3, 0.4) is 0 Å². The van der Waals surface area contributed by atoms with Crippen LogP contribution < -0.4 is 10.6 Å². The number of likely N-dealkylation sites (tertiary alicyclic amines) is 1. The van der Waals surface area contributed by atoms with Crippen molar-refractivity contribution in [3.8, 4) is 0 Å². The number of rotatable bonds is 8. The number of carbonyl (C=O) groups excluding carboxylic acids is 3. The topological polar surface area (TPSA) is 108 Å². The lowest BCUT2D eigenvalue weighted by molar-refractivity contribution is -0.146. The third-order valence-electron chi connectivity index (χ3n) is 9.15. The smallest absolute Gasteiger partial charge is 0.246 e. The highest BCUT2D eigenvalue weighted by Crippen LogP contribution is 2.65. The molecule has 1 spiro atoms. The van der Waals surface area contributed by atoms with Gasteiger partial charge in [-0.3, -0.25) is 14.4 Å². The molecule has 2 bridgehead atoms. The van der Waals surface area contributed by atoms with Crippen molar-refractivity contribution in [2.24, 2.45) is 17.8 Å². The first-order chi connectivity index (χ1) is 17.3. The molecule has 1 aromatic rings. The molecule has 196 valence electrons. The van der Waals surface area contributed by atoms with Gasteiger partial charge in [-0.05, 0) is 57.1 Å². The van der Waals surface area contributed by atoms with Crippen LogP contribution in [0, 0.1) is 17.8 Å². The Morgan fingerprint density at radius 3 is 2.53 bits per heavy atom. The largest absolute Gasteiger partial charge is 0.396 e. The summed E-state index contributed by atoms with van der Waals surface area (Å²) in [5.41, 5.74) is -1.19. The van der Waals surface area contributed by atoms with Gasteiger partial charge in [-0.15, -0.1) is 0 Å². The quantitative estimate of drug-likeness (QED) is 0.479. The number of fused-ring (bicyclic) bond motifs is 1. The van der Waals surface area contributed by atoms with Gasteiger partial charge in [-0.2, -0.15) is 0 Å². The van der Waals surface area contributed by atoms with Crippen LogP contribution in [0.2, 0.25) is 0 Å². The molecule has 1 aromatic carbocycles. The molecule has 3 heterocycles. The van der Waals surface area contributed by atoms with Crippen molar-refractivity contribution in [3.63, 3.8) is 0 Å². The van der Waals surface area contributed by atoms with Gasteiger partial charge in [-0.1, -0.05) is 44.4 Å². The minimum absolute atomic E-state index is 0.00967. The summed E-state index contributed by atoms with van der Waals surface area (Å²) in [4.78, 5) is 43.2. The molecule has 3 unspecified atom stereocenters. The number of anilines is 1. The molecule has 4 fully saturated rings. The highest BCUT2D eigenvalue weighted by atomic mass is 16.5. The molecule has 0 radical (unpaired) electrons. The SMILES string of the molecule is CC1CC23O[C@@]1(C)[C@H](C(=O)Nc1ccccc1)[C@H]2C(=O)N(CCCCO)C3C(=O)NC1CCCCC1. The summed E-state index contributed by atoms with van der Waals surface area (Å²) in [7, 11) is 0. The van der Waals surface area contributed by atoms with Crippen molar-refractivity contribution in [2.75, 3.05) is 18.5 Å². The predicted molar refractivity (Wildman–Crippen MR) is 135 cm³/mol. The molecule has 1 saturated carbocycles. The number of para-hydroxylation sites is 1. The predicted octanol–water partition coefficient (Wildman–Crippen LogP) is 2.86. The molecule has 5 rings (SSSR count). The second-order valence-corrected chi connectivity index (χ2v) is 11.4. The zero-order valence-corrected chi connectivity index (χ0v) is 21.4. The third kappa shape index (κ3) is 4.02. The van der Waals surface area contributed by atoms with Crippen LogP contribution in [0.5, 0.6) is 0 Å².